The Hall–Kier alpha value is -1.42. The summed E-state index contributed by atoms with van der Waals surface area (Å²) in [4.78, 5) is 7.83. The highest BCUT2D eigenvalue weighted by Crippen LogP contribution is 2.23. The minimum absolute atomic E-state index is 0.454. The first kappa shape index (κ1) is 9.15. The summed E-state index contributed by atoms with van der Waals surface area (Å²) in [5.74, 6) is 0. The molecule has 0 spiro atoms. The van der Waals surface area contributed by atoms with Crippen molar-refractivity contribution in [1.29, 1.82) is 0 Å². The maximum Gasteiger partial charge on any atom is 0.140 e. The molecule has 0 aliphatic carbocycles. The van der Waals surface area contributed by atoms with Gasteiger partial charge in [-0.05, 0) is 6.92 Å². The molecule has 0 aliphatic rings. The SMILES string of the molecule is CCn1cc(-c2cncnc2Cl)cn1. The molecule has 72 valence electrons. The van der Waals surface area contributed by atoms with E-state index in [0.717, 1.165) is 17.7 Å². The number of rotatable bonds is 2. The fourth-order valence-corrected chi connectivity index (χ4v) is 1.39. The van der Waals surface area contributed by atoms with E-state index in [1.54, 1.807) is 12.4 Å². The summed E-state index contributed by atoms with van der Waals surface area (Å²) in [6.07, 6.45) is 6.79. The van der Waals surface area contributed by atoms with Gasteiger partial charge in [0.2, 0.25) is 0 Å². The normalized spacial score (nSPS) is 10.4. The van der Waals surface area contributed by atoms with Gasteiger partial charge in [-0.2, -0.15) is 5.10 Å². The van der Waals surface area contributed by atoms with Crippen LogP contribution >= 0.6 is 11.6 Å². The molecule has 4 nitrogen and oxygen atoms in total. The Bertz CT molecular complexity index is 438. The molecule has 0 radical (unpaired) electrons. The Morgan fingerprint density at radius 3 is 2.93 bits per heavy atom. The quantitative estimate of drug-likeness (QED) is 0.710. The van der Waals surface area contributed by atoms with Crippen molar-refractivity contribution in [2.45, 2.75) is 13.5 Å². The minimum Gasteiger partial charge on any atom is -0.272 e. The van der Waals surface area contributed by atoms with E-state index < -0.39 is 0 Å². The molecule has 0 bridgehead atoms. The van der Waals surface area contributed by atoms with Crippen molar-refractivity contribution >= 4 is 11.6 Å². The lowest BCUT2D eigenvalue weighted by Gasteiger charge is -1.97. The van der Waals surface area contributed by atoms with Gasteiger partial charge in [0.05, 0.1) is 6.20 Å². The van der Waals surface area contributed by atoms with Crippen LogP contribution in [0, 0.1) is 0 Å². The molecule has 2 aromatic rings. The largest absolute Gasteiger partial charge is 0.272 e. The molecule has 5 heteroatoms. The van der Waals surface area contributed by atoms with E-state index in [9.17, 15) is 0 Å². The predicted molar refractivity (Wildman–Crippen MR) is 53.9 cm³/mol. The molecule has 0 saturated carbocycles. The first-order chi connectivity index (χ1) is 6.81. The van der Waals surface area contributed by atoms with Crippen LogP contribution in [0.3, 0.4) is 0 Å². The first-order valence-electron chi connectivity index (χ1n) is 4.29. The molecule has 2 aromatic heterocycles. The Morgan fingerprint density at radius 1 is 1.43 bits per heavy atom. The smallest absolute Gasteiger partial charge is 0.140 e. The van der Waals surface area contributed by atoms with Gasteiger partial charge in [0.25, 0.3) is 0 Å². The van der Waals surface area contributed by atoms with Gasteiger partial charge in [0, 0.05) is 30.1 Å². The van der Waals surface area contributed by atoms with Crippen molar-refractivity contribution in [3.8, 4) is 11.1 Å². The van der Waals surface area contributed by atoms with Crippen LogP contribution in [0.5, 0.6) is 0 Å². The Kier molecular flexibility index (Phi) is 2.45. The number of hydrogen-bond acceptors (Lipinski definition) is 3. The van der Waals surface area contributed by atoms with Crippen LogP contribution in [0.1, 0.15) is 6.92 Å². The van der Waals surface area contributed by atoms with Crippen molar-refractivity contribution in [3.05, 3.63) is 30.1 Å². The van der Waals surface area contributed by atoms with Crippen molar-refractivity contribution in [2.24, 2.45) is 0 Å². The fraction of sp³-hybridized carbons (Fsp3) is 0.222. The highest BCUT2D eigenvalue weighted by molar-refractivity contribution is 6.32. The topological polar surface area (TPSA) is 43.6 Å². The number of aryl methyl sites for hydroxylation is 1. The molecule has 0 saturated heterocycles. The van der Waals surface area contributed by atoms with Gasteiger partial charge in [-0.25, -0.2) is 9.97 Å². The average Bonchev–Trinajstić information content (AvgIpc) is 2.67. The Morgan fingerprint density at radius 2 is 2.29 bits per heavy atom. The lowest BCUT2D eigenvalue weighted by atomic mass is 10.2. The maximum absolute atomic E-state index is 5.92. The number of nitrogens with zero attached hydrogens (tertiary/aromatic N) is 4. The van der Waals surface area contributed by atoms with Crippen LogP contribution in [0.25, 0.3) is 11.1 Å². The Labute approximate surface area is 86.6 Å². The monoisotopic (exact) mass is 208 g/mol. The van der Waals surface area contributed by atoms with E-state index in [4.69, 9.17) is 11.6 Å². The molecule has 0 atom stereocenters. The Balaban J connectivity index is 2.44. The van der Waals surface area contributed by atoms with Crippen LogP contribution < -0.4 is 0 Å². The second kappa shape index (κ2) is 3.75. The van der Waals surface area contributed by atoms with E-state index in [1.165, 1.54) is 6.33 Å². The third kappa shape index (κ3) is 1.61. The van der Waals surface area contributed by atoms with Crippen molar-refractivity contribution < 1.29 is 0 Å². The molecule has 0 aliphatic heterocycles. The van der Waals surface area contributed by atoms with Crippen LogP contribution in [0.4, 0.5) is 0 Å². The molecule has 14 heavy (non-hydrogen) atoms. The number of hydrogen-bond donors (Lipinski definition) is 0. The summed E-state index contributed by atoms with van der Waals surface area (Å²) in [6, 6.07) is 0. The van der Waals surface area contributed by atoms with E-state index in [2.05, 4.69) is 15.1 Å². The number of halogens is 1. The molecular weight excluding hydrogens is 200 g/mol. The summed E-state index contributed by atoms with van der Waals surface area (Å²) in [6.45, 7) is 2.87. The predicted octanol–water partition coefficient (Wildman–Crippen LogP) is 2.01. The van der Waals surface area contributed by atoms with Crippen LogP contribution in [0.2, 0.25) is 5.15 Å². The lowest BCUT2D eigenvalue weighted by Crippen LogP contribution is -1.92. The molecule has 0 amide bonds. The minimum atomic E-state index is 0.454. The van der Waals surface area contributed by atoms with E-state index in [-0.39, 0.29) is 0 Å². The molecule has 0 fully saturated rings. The standard InChI is InChI=1S/C9H9ClN4/c1-2-14-5-7(3-13-14)8-4-11-6-12-9(8)10/h3-6H,2H2,1H3. The average molecular weight is 209 g/mol. The van der Waals surface area contributed by atoms with Crippen LogP contribution in [0.15, 0.2) is 24.9 Å². The highest BCUT2D eigenvalue weighted by Gasteiger charge is 2.06. The van der Waals surface area contributed by atoms with Crippen molar-refractivity contribution in [1.82, 2.24) is 19.7 Å². The molecule has 0 N–H and O–H groups in total. The second-order valence-electron chi connectivity index (χ2n) is 2.81. The maximum atomic E-state index is 5.92. The fourth-order valence-electron chi connectivity index (χ4n) is 1.18. The lowest BCUT2D eigenvalue weighted by molar-refractivity contribution is 0.660. The van der Waals surface area contributed by atoms with Crippen molar-refractivity contribution in [3.63, 3.8) is 0 Å². The van der Waals surface area contributed by atoms with Crippen LogP contribution in [-0.2, 0) is 6.54 Å². The summed E-state index contributed by atoms with van der Waals surface area (Å²) in [5, 5.41) is 4.61. The summed E-state index contributed by atoms with van der Waals surface area (Å²) >= 11 is 5.92. The van der Waals surface area contributed by atoms with Gasteiger partial charge in [0.15, 0.2) is 0 Å². The molecule has 0 unspecified atom stereocenters. The van der Waals surface area contributed by atoms with E-state index in [1.807, 2.05) is 17.8 Å². The van der Waals surface area contributed by atoms with Gasteiger partial charge in [0.1, 0.15) is 11.5 Å². The first-order valence-corrected chi connectivity index (χ1v) is 4.67. The van der Waals surface area contributed by atoms with Gasteiger partial charge in [-0.1, -0.05) is 11.6 Å². The third-order valence-corrected chi connectivity index (χ3v) is 2.23. The molecule has 2 rings (SSSR count). The zero-order valence-electron chi connectivity index (χ0n) is 7.68. The van der Waals surface area contributed by atoms with Crippen LogP contribution in [-0.4, -0.2) is 19.7 Å². The zero-order valence-corrected chi connectivity index (χ0v) is 8.44. The number of aromatic nitrogens is 4. The van der Waals surface area contributed by atoms with Gasteiger partial charge >= 0.3 is 0 Å². The second-order valence-corrected chi connectivity index (χ2v) is 3.17. The summed E-state index contributed by atoms with van der Waals surface area (Å²) in [5.41, 5.74) is 1.76. The van der Waals surface area contributed by atoms with E-state index >= 15 is 0 Å². The summed E-state index contributed by atoms with van der Waals surface area (Å²) < 4.78 is 1.83. The molecule has 0 aromatic carbocycles. The van der Waals surface area contributed by atoms with E-state index in [0.29, 0.717) is 5.15 Å². The third-order valence-electron chi connectivity index (χ3n) is 1.93. The van der Waals surface area contributed by atoms with Crippen molar-refractivity contribution in [2.75, 3.05) is 0 Å². The summed E-state index contributed by atoms with van der Waals surface area (Å²) in [7, 11) is 0. The molecule has 2 heterocycles. The zero-order chi connectivity index (χ0) is 9.97. The van der Waals surface area contributed by atoms with Gasteiger partial charge in [-0.3, -0.25) is 4.68 Å². The molecular formula is C9H9ClN4. The van der Waals surface area contributed by atoms with Gasteiger partial charge < -0.3 is 0 Å². The highest BCUT2D eigenvalue weighted by atomic mass is 35.5. The van der Waals surface area contributed by atoms with Gasteiger partial charge in [-0.15, -0.1) is 0 Å².